The van der Waals surface area contributed by atoms with Crippen molar-refractivity contribution >= 4 is 29.1 Å². The van der Waals surface area contributed by atoms with Gasteiger partial charge in [0.1, 0.15) is 5.82 Å². The lowest BCUT2D eigenvalue weighted by atomic mass is 10.1. The SMILES string of the molecule is Cc1cc(Nc2ccccc2Cl)nc(N2CCCCC2)n1. The second kappa shape index (κ2) is 6.31. The fourth-order valence-electron chi connectivity index (χ4n) is 2.55. The molecule has 1 N–H and O–H groups in total. The van der Waals surface area contributed by atoms with Crippen molar-refractivity contribution in [1.29, 1.82) is 0 Å². The first-order valence-corrected chi connectivity index (χ1v) is 7.72. The molecule has 2 heterocycles. The van der Waals surface area contributed by atoms with Crippen LogP contribution in [0.4, 0.5) is 17.5 Å². The number of benzene rings is 1. The second-order valence-electron chi connectivity index (χ2n) is 5.35. The Balaban J connectivity index is 1.85. The Hall–Kier alpha value is -1.81. The van der Waals surface area contributed by atoms with Crippen LogP contribution in [0.2, 0.25) is 5.02 Å². The quantitative estimate of drug-likeness (QED) is 0.924. The van der Waals surface area contributed by atoms with Gasteiger partial charge in [0.25, 0.3) is 0 Å². The van der Waals surface area contributed by atoms with Gasteiger partial charge in [-0.1, -0.05) is 23.7 Å². The van der Waals surface area contributed by atoms with Gasteiger partial charge in [0, 0.05) is 24.8 Å². The smallest absolute Gasteiger partial charge is 0.227 e. The minimum atomic E-state index is 0.688. The van der Waals surface area contributed by atoms with Gasteiger partial charge in [-0.05, 0) is 38.3 Å². The number of hydrogen-bond acceptors (Lipinski definition) is 4. The molecule has 0 atom stereocenters. The molecular formula is C16H19ClN4. The number of nitrogens with zero attached hydrogens (tertiary/aromatic N) is 3. The van der Waals surface area contributed by atoms with Crippen molar-refractivity contribution in [3.05, 3.63) is 41.0 Å². The molecule has 3 rings (SSSR count). The van der Waals surface area contributed by atoms with Gasteiger partial charge in [0.2, 0.25) is 5.95 Å². The lowest BCUT2D eigenvalue weighted by Crippen LogP contribution is -2.31. The van der Waals surface area contributed by atoms with Gasteiger partial charge in [-0.3, -0.25) is 0 Å². The van der Waals surface area contributed by atoms with Gasteiger partial charge in [-0.25, -0.2) is 4.98 Å². The van der Waals surface area contributed by atoms with Crippen LogP contribution in [0.25, 0.3) is 0 Å². The lowest BCUT2D eigenvalue weighted by molar-refractivity contribution is 0.568. The van der Waals surface area contributed by atoms with Crippen molar-refractivity contribution in [3.63, 3.8) is 0 Å². The summed E-state index contributed by atoms with van der Waals surface area (Å²) >= 11 is 6.19. The molecule has 0 amide bonds. The third-order valence-corrected chi connectivity index (χ3v) is 3.95. The maximum absolute atomic E-state index is 6.19. The van der Waals surface area contributed by atoms with E-state index in [2.05, 4.69) is 20.2 Å². The Kier molecular flexibility index (Phi) is 4.25. The van der Waals surface area contributed by atoms with Crippen LogP contribution in [0.5, 0.6) is 0 Å². The first-order chi connectivity index (χ1) is 10.2. The Labute approximate surface area is 130 Å². The van der Waals surface area contributed by atoms with Crippen LogP contribution >= 0.6 is 11.6 Å². The molecule has 0 unspecified atom stereocenters. The molecule has 1 saturated heterocycles. The van der Waals surface area contributed by atoms with Gasteiger partial charge in [0.15, 0.2) is 0 Å². The number of aryl methyl sites for hydroxylation is 1. The van der Waals surface area contributed by atoms with Crippen LogP contribution in [0.1, 0.15) is 25.0 Å². The molecule has 21 heavy (non-hydrogen) atoms. The number of rotatable bonds is 3. The van der Waals surface area contributed by atoms with Crippen molar-refractivity contribution in [3.8, 4) is 0 Å². The first kappa shape index (κ1) is 14.1. The minimum absolute atomic E-state index is 0.688. The molecule has 1 fully saturated rings. The summed E-state index contributed by atoms with van der Waals surface area (Å²) in [6.07, 6.45) is 3.72. The Morgan fingerprint density at radius 3 is 2.62 bits per heavy atom. The topological polar surface area (TPSA) is 41.1 Å². The number of para-hydroxylation sites is 1. The van der Waals surface area contributed by atoms with Gasteiger partial charge < -0.3 is 10.2 Å². The summed E-state index contributed by atoms with van der Waals surface area (Å²) in [5.41, 5.74) is 1.82. The van der Waals surface area contributed by atoms with Crippen LogP contribution in [-0.4, -0.2) is 23.1 Å². The van der Waals surface area contributed by atoms with Gasteiger partial charge >= 0.3 is 0 Å². The highest BCUT2D eigenvalue weighted by Gasteiger charge is 2.14. The number of nitrogens with one attached hydrogen (secondary N) is 1. The third kappa shape index (κ3) is 3.45. The summed E-state index contributed by atoms with van der Waals surface area (Å²) in [5.74, 6) is 1.60. The maximum atomic E-state index is 6.19. The van der Waals surface area contributed by atoms with E-state index < -0.39 is 0 Å². The zero-order valence-electron chi connectivity index (χ0n) is 12.1. The van der Waals surface area contributed by atoms with Gasteiger partial charge in [0.05, 0.1) is 10.7 Å². The summed E-state index contributed by atoms with van der Waals surface area (Å²) in [4.78, 5) is 11.5. The Bertz CT molecular complexity index is 623. The second-order valence-corrected chi connectivity index (χ2v) is 5.75. The van der Waals surface area contributed by atoms with Crippen molar-refractivity contribution in [2.24, 2.45) is 0 Å². The van der Waals surface area contributed by atoms with Crippen molar-refractivity contribution in [2.75, 3.05) is 23.3 Å². The normalized spacial score (nSPS) is 15.0. The van der Waals surface area contributed by atoms with Crippen LogP contribution in [0.15, 0.2) is 30.3 Å². The van der Waals surface area contributed by atoms with Crippen molar-refractivity contribution < 1.29 is 0 Å². The number of hydrogen-bond donors (Lipinski definition) is 1. The number of anilines is 3. The summed E-state index contributed by atoms with van der Waals surface area (Å²) in [5, 5.41) is 3.97. The zero-order valence-corrected chi connectivity index (χ0v) is 12.9. The van der Waals surface area contributed by atoms with Crippen LogP contribution < -0.4 is 10.2 Å². The van der Waals surface area contributed by atoms with Crippen LogP contribution in [-0.2, 0) is 0 Å². The molecule has 110 valence electrons. The molecule has 1 aromatic carbocycles. The predicted octanol–water partition coefficient (Wildman–Crippen LogP) is 4.17. The molecule has 4 nitrogen and oxygen atoms in total. The average molecular weight is 303 g/mol. The summed E-state index contributed by atoms with van der Waals surface area (Å²) in [6.45, 7) is 4.07. The monoisotopic (exact) mass is 302 g/mol. The number of halogens is 1. The Morgan fingerprint density at radius 1 is 1.10 bits per heavy atom. The molecule has 1 aliphatic rings. The van der Waals surface area contributed by atoms with E-state index in [0.29, 0.717) is 5.02 Å². The summed E-state index contributed by atoms with van der Waals surface area (Å²) < 4.78 is 0. The minimum Gasteiger partial charge on any atom is -0.341 e. The van der Waals surface area contributed by atoms with E-state index in [1.807, 2.05) is 37.3 Å². The fourth-order valence-corrected chi connectivity index (χ4v) is 2.74. The van der Waals surface area contributed by atoms with E-state index in [9.17, 15) is 0 Å². The van der Waals surface area contributed by atoms with Gasteiger partial charge in [-0.2, -0.15) is 4.98 Å². The molecule has 2 aromatic rings. The largest absolute Gasteiger partial charge is 0.341 e. The van der Waals surface area contributed by atoms with E-state index in [4.69, 9.17) is 11.6 Å². The number of piperidine rings is 1. The van der Waals surface area contributed by atoms with E-state index in [-0.39, 0.29) is 0 Å². The molecule has 1 aliphatic heterocycles. The molecule has 0 saturated carbocycles. The van der Waals surface area contributed by atoms with Crippen molar-refractivity contribution in [1.82, 2.24) is 9.97 Å². The summed E-state index contributed by atoms with van der Waals surface area (Å²) in [7, 11) is 0. The molecule has 0 spiro atoms. The van der Waals surface area contributed by atoms with E-state index in [1.54, 1.807) is 0 Å². The molecule has 0 bridgehead atoms. The van der Waals surface area contributed by atoms with Gasteiger partial charge in [-0.15, -0.1) is 0 Å². The summed E-state index contributed by atoms with van der Waals surface area (Å²) in [6, 6.07) is 9.62. The Morgan fingerprint density at radius 2 is 1.86 bits per heavy atom. The van der Waals surface area contributed by atoms with Crippen LogP contribution in [0.3, 0.4) is 0 Å². The highest BCUT2D eigenvalue weighted by molar-refractivity contribution is 6.33. The van der Waals surface area contributed by atoms with Crippen molar-refractivity contribution in [2.45, 2.75) is 26.2 Å². The predicted molar refractivity (Wildman–Crippen MR) is 87.6 cm³/mol. The van der Waals surface area contributed by atoms with Crippen LogP contribution in [0, 0.1) is 6.92 Å². The average Bonchev–Trinajstić information content (AvgIpc) is 2.50. The molecule has 5 heteroatoms. The molecular weight excluding hydrogens is 284 g/mol. The van der Waals surface area contributed by atoms with E-state index in [1.165, 1.54) is 19.3 Å². The fraction of sp³-hybridized carbons (Fsp3) is 0.375. The molecule has 0 radical (unpaired) electrons. The standard InChI is InChI=1S/C16H19ClN4/c1-12-11-15(19-14-8-4-3-7-13(14)17)20-16(18-12)21-9-5-2-6-10-21/h3-4,7-8,11H,2,5-6,9-10H2,1H3,(H,18,19,20). The zero-order chi connectivity index (χ0) is 14.7. The molecule has 1 aromatic heterocycles. The maximum Gasteiger partial charge on any atom is 0.227 e. The first-order valence-electron chi connectivity index (χ1n) is 7.34. The highest BCUT2D eigenvalue weighted by Crippen LogP contribution is 2.25. The number of aromatic nitrogens is 2. The highest BCUT2D eigenvalue weighted by atomic mass is 35.5. The van der Waals surface area contributed by atoms with E-state index in [0.717, 1.165) is 36.2 Å². The van der Waals surface area contributed by atoms with E-state index >= 15 is 0 Å². The third-order valence-electron chi connectivity index (χ3n) is 3.62. The lowest BCUT2D eigenvalue weighted by Gasteiger charge is -2.27. The molecule has 0 aliphatic carbocycles.